The van der Waals surface area contributed by atoms with Gasteiger partial charge in [-0.05, 0) is 47.0 Å². The van der Waals surface area contributed by atoms with Crippen LogP contribution >= 0.6 is 0 Å². The number of hydrogen-bond acceptors (Lipinski definition) is 6. The second kappa shape index (κ2) is 9.50. The number of amides is 1. The molecule has 0 bridgehead atoms. The summed E-state index contributed by atoms with van der Waals surface area (Å²) in [6.45, 7) is 5.08. The Morgan fingerprint density at radius 1 is 1.03 bits per heavy atom. The van der Waals surface area contributed by atoms with E-state index in [9.17, 15) is 4.79 Å². The molecule has 0 spiro atoms. The SMILES string of the molecule is CN1CCOc2c(C(=O)NCc3cccnc3)cc(-c3ccc(N4CCOCC4)cc3)cc21. The van der Waals surface area contributed by atoms with E-state index in [1.807, 2.05) is 25.2 Å². The number of morpholine rings is 1. The quantitative estimate of drug-likeness (QED) is 0.651. The highest BCUT2D eigenvalue weighted by Gasteiger charge is 2.24. The molecule has 7 heteroatoms. The minimum absolute atomic E-state index is 0.155. The first-order valence-electron chi connectivity index (χ1n) is 11.3. The molecule has 170 valence electrons. The average molecular weight is 445 g/mol. The van der Waals surface area contributed by atoms with Gasteiger partial charge in [-0.2, -0.15) is 0 Å². The van der Waals surface area contributed by atoms with Gasteiger partial charge in [-0.15, -0.1) is 0 Å². The van der Waals surface area contributed by atoms with Crippen molar-refractivity contribution in [3.05, 3.63) is 72.1 Å². The van der Waals surface area contributed by atoms with Crippen LogP contribution in [0.4, 0.5) is 11.4 Å². The monoisotopic (exact) mass is 444 g/mol. The van der Waals surface area contributed by atoms with Crippen LogP contribution in [0.2, 0.25) is 0 Å². The normalized spacial score (nSPS) is 15.5. The van der Waals surface area contributed by atoms with Gasteiger partial charge in [0.15, 0.2) is 5.75 Å². The Kier molecular flexibility index (Phi) is 6.13. The fourth-order valence-corrected chi connectivity index (χ4v) is 4.26. The third kappa shape index (κ3) is 4.64. The molecule has 3 aromatic rings. The molecule has 0 atom stereocenters. The van der Waals surface area contributed by atoms with E-state index in [4.69, 9.17) is 9.47 Å². The fourth-order valence-electron chi connectivity index (χ4n) is 4.26. The van der Waals surface area contributed by atoms with Gasteiger partial charge in [-0.25, -0.2) is 0 Å². The summed E-state index contributed by atoms with van der Waals surface area (Å²) in [4.78, 5) is 21.8. The molecule has 1 amide bonds. The van der Waals surface area contributed by atoms with Crippen molar-refractivity contribution in [3.63, 3.8) is 0 Å². The van der Waals surface area contributed by atoms with Gasteiger partial charge in [0.1, 0.15) is 6.61 Å². The molecule has 2 aromatic carbocycles. The second-order valence-corrected chi connectivity index (χ2v) is 8.33. The standard InChI is InChI=1S/C26H28N4O3/c1-29-9-14-33-25-23(26(31)28-18-19-3-2-8-27-17-19)15-21(16-24(25)29)20-4-6-22(7-5-20)30-10-12-32-13-11-30/h2-8,15-17H,9-14,18H2,1H3,(H,28,31). The zero-order chi connectivity index (χ0) is 22.6. The molecule has 0 radical (unpaired) electrons. The number of hydrogen-bond donors (Lipinski definition) is 1. The molecule has 1 fully saturated rings. The van der Waals surface area contributed by atoms with Crippen molar-refractivity contribution in [3.8, 4) is 16.9 Å². The van der Waals surface area contributed by atoms with E-state index >= 15 is 0 Å². The van der Waals surface area contributed by atoms with Crippen LogP contribution in [-0.4, -0.2) is 57.4 Å². The maximum atomic E-state index is 13.2. The van der Waals surface area contributed by atoms with Crippen molar-refractivity contribution in [2.75, 3.05) is 56.3 Å². The topological polar surface area (TPSA) is 66.9 Å². The number of benzene rings is 2. The molecule has 0 aliphatic carbocycles. The molecular weight excluding hydrogens is 416 g/mol. The lowest BCUT2D eigenvalue weighted by Crippen LogP contribution is -2.36. The lowest BCUT2D eigenvalue weighted by Gasteiger charge is -2.30. The summed E-state index contributed by atoms with van der Waals surface area (Å²) in [6, 6.07) is 16.4. The molecule has 3 heterocycles. The number of nitrogens with zero attached hydrogens (tertiary/aromatic N) is 3. The zero-order valence-corrected chi connectivity index (χ0v) is 18.8. The molecule has 2 aliphatic heterocycles. The minimum atomic E-state index is -0.155. The van der Waals surface area contributed by atoms with Crippen molar-refractivity contribution >= 4 is 17.3 Å². The smallest absolute Gasteiger partial charge is 0.255 e. The van der Waals surface area contributed by atoms with Gasteiger partial charge < -0.3 is 24.6 Å². The Labute approximate surface area is 193 Å². The van der Waals surface area contributed by atoms with Crippen LogP contribution in [0.15, 0.2) is 60.9 Å². The third-order valence-electron chi connectivity index (χ3n) is 6.15. The number of pyridine rings is 1. The molecule has 0 unspecified atom stereocenters. The number of anilines is 2. The predicted molar refractivity (Wildman–Crippen MR) is 129 cm³/mol. The summed E-state index contributed by atoms with van der Waals surface area (Å²) in [5, 5.41) is 3.02. The zero-order valence-electron chi connectivity index (χ0n) is 18.8. The largest absolute Gasteiger partial charge is 0.489 e. The predicted octanol–water partition coefficient (Wildman–Crippen LogP) is 3.34. The fraction of sp³-hybridized carbons (Fsp3) is 0.308. The van der Waals surface area contributed by atoms with Gasteiger partial charge in [0, 0.05) is 44.8 Å². The van der Waals surface area contributed by atoms with Crippen molar-refractivity contribution in [1.29, 1.82) is 0 Å². The Balaban J connectivity index is 1.44. The Bertz CT molecular complexity index is 1110. The number of rotatable bonds is 5. The molecule has 1 N–H and O–H groups in total. The van der Waals surface area contributed by atoms with Crippen molar-refractivity contribution < 1.29 is 14.3 Å². The summed E-state index contributed by atoms with van der Waals surface area (Å²) in [5.41, 5.74) is 5.68. The van der Waals surface area contributed by atoms with Crippen LogP contribution in [-0.2, 0) is 11.3 Å². The first kappa shape index (κ1) is 21.3. The van der Waals surface area contributed by atoms with E-state index in [2.05, 4.69) is 50.4 Å². The van der Waals surface area contributed by atoms with E-state index in [1.54, 1.807) is 12.4 Å². The van der Waals surface area contributed by atoms with Crippen LogP contribution in [0.3, 0.4) is 0 Å². The number of ether oxygens (including phenoxy) is 2. The van der Waals surface area contributed by atoms with Gasteiger partial charge in [-0.1, -0.05) is 18.2 Å². The molecule has 2 aliphatic rings. The number of likely N-dealkylation sites (N-methyl/N-ethyl adjacent to an activating group) is 1. The average Bonchev–Trinajstić information content (AvgIpc) is 2.88. The summed E-state index contributed by atoms with van der Waals surface area (Å²) in [7, 11) is 2.03. The van der Waals surface area contributed by atoms with Crippen LogP contribution in [0.5, 0.6) is 5.75 Å². The Hall–Kier alpha value is -3.58. The highest BCUT2D eigenvalue weighted by molar-refractivity contribution is 6.01. The number of nitrogens with one attached hydrogen (secondary N) is 1. The highest BCUT2D eigenvalue weighted by Crippen LogP contribution is 2.39. The molecule has 7 nitrogen and oxygen atoms in total. The first-order chi connectivity index (χ1) is 16.2. The number of carbonyl (C=O) groups excluding carboxylic acids is 1. The van der Waals surface area contributed by atoms with Crippen LogP contribution < -0.4 is 19.9 Å². The van der Waals surface area contributed by atoms with Crippen molar-refractivity contribution in [2.45, 2.75) is 6.54 Å². The molecule has 33 heavy (non-hydrogen) atoms. The van der Waals surface area contributed by atoms with Gasteiger partial charge in [0.05, 0.1) is 31.0 Å². The maximum absolute atomic E-state index is 13.2. The number of aromatic nitrogens is 1. The second-order valence-electron chi connectivity index (χ2n) is 8.33. The third-order valence-corrected chi connectivity index (χ3v) is 6.15. The summed E-state index contributed by atoms with van der Waals surface area (Å²) >= 11 is 0. The summed E-state index contributed by atoms with van der Waals surface area (Å²) < 4.78 is 11.4. The van der Waals surface area contributed by atoms with E-state index in [0.29, 0.717) is 24.5 Å². The van der Waals surface area contributed by atoms with E-state index in [-0.39, 0.29) is 5.91 Å². The van der Waals surface area contributed by atoms with Gasteiger partial charge >= 0.3 is 0 Å². The first-order valence-corrected chi connectivity index (χ1v) is 11.3. The number of carbonyl (C=O) groups is 1. The maximum Gasteiger partial charge on any atom is 0.255 e. The number of fused-ring (bicyclic) bond motifs is 1. The minimum Gasteiger partial charge on any atom is -0.489 e. The Morgan fingerprint density at radius 3 is 2.61 bits per heavy atom. The lowest BCUT2D eigenvalue weighted by molar-refractivity contribution is 0.0946. The van der Waals surface area contributed by atoms with E-state index in [0.717, 1.165) is 55.2 Å². The summed E-state index contributed by atoms with van der Waals surface area (Å²) in [6.07, 6.45) is 3.48. The lowest BCUT2D eigenvalue weighted by atomic mass is 9.99. The van der Waals surface area contributed by atoms with E-state index < -0.39 is 0 Å². The molecule has 1 saturated heterocycles. The van der Waals surface area contributed by atoms with Gasteiger partial charge in [0.25, 0.3) is 5.91 Å². The van der Waals surface area contributed by atoms with Gasteiger partial charge in [-0.3, -0.25) is 9.78 Å². The molecule has 5 rings (SSSR count). The van der Waals surface area contributed by atoms with Crippen molar-refractivity contribution in [2.24, 2.45) is 0 Å². The van der Waals surface area contributed by atoms with E-state index in [1.165, 1.54) is 5.69 Å². The molecule has 0 saturated carbocycles. The summed E-state index contributed by atoms with van der Waals surface area (Å²) in [5.74, 6) is 0.485. The van der Waals surface area contributed by atoms with Crippen molar-refractivity contribution in [1.82, 2.24) is 10.3 Å². The van der Waals surface area contributed by atoms with Crippen LogP contribution in [0.25, 0.3) is 11.1 Å². The Morgan fingerprint density at radius 2 is 1.85 bits per heavy atom. The van der Waals surface area contributed by atoms with Crippen LogP contribution in [0, 0.1) is 0 Å². The van der Waals surface area contributed by atoms with Gasteiger partial charge in [0.2, 0.25) is 0 Å². The highest BCUT2D eigenvalue weighted by atomic mass is 16.5. The molecule has 1 aromatic heterocycles. The molecular formula is C26H28N4O3. The van der Waals surface area contributed by atoms with Crippen LogP contribution in [0.1, 0.15) is 15.9 Å².